The molecule has 3 rings (SSSR count). The van der Waals surface area contributed by atoms with Crippen molar-refractivity contribution >= 4 is 0 Å². The van der Waals surface area contributed by atoms with Crippen molar-refractivity contribution < 1.29 is 9.84 Å². The second kappa shape index (κ2) is 8.27. The van der Waals surface area contributed by atoms with Crippen LogP contribution in [0, 0.1) is 12.8 Å². The predicted octanol–water partition coefficient (Wildman–Crippen LogP) is 3.82. The number of benzene rings is 1. The molecule has 1 aromatic heterocycles. The van der Waals surface area contributed by atoms with Crippen LogP contribution in [-0.4, -0.2) is 22.7 Å². The Bertz CT molecular complexity index is 637. The zero-order chi connectivity index (χ0) is 16.8. The van der Waals surface area contributed by atoms with Crippen molar-refractivity contribution in [3.05, 3.63) is 53.9 Å². The van der Waals surface area contributed by atoms with Gasteiger partial charge in [0.2, 0.25) is 0 Å². The molecule has 0 bridgehead atoms. The van der Waals surface area contributed by atoms with Crippen molar-refractivity contribution in [3.8, 4) is 11.5 Å². The number of nitrogens with one attached hydrogen (secondary N) is 1. The SMILES string of the molecule is Cc1cc(CNC2CCC(CO)CC2)ccc1Oc1cccnc1. The van der Waals surface area contributed by atoms with Gasteiger partial charge in [0, 0.05) is 25.4 Å². The molecule has 1 heterocycles. The van der Waals surface area contributed by atoms with Gasteiger partial charge >= 0.3 is 0 Å². The van der Waals surface area contributed by atoms with Gasteiger partial charge in [0.25, 0.3) is 0 Å². The van der Waals surface area contributed by atoms with Gasteiger partial charge in [-0.25, -0.2) is 0 Å². The van der Waals surface area contributed by atoms with Crippen LogP contribution in [0.2, 0.25) is 0 Å². The second-order valence-corrected chi connectivity index (χ2v) is 6.67. The molecule has 128 valence electrons. The summed E-state index contributed by atoms with van der Waals surface area (Å²) in [5, 5.41) is 12.9. The topological polar surface area (TPSA) is 54.4 Å². The lowest BCUT2D eigenvalue weighted by Crippen LogP contribution is -2.33. The zero-order valence-electron chi connectivity index (χ0n) is 14.2. The minimum atomic E-state index is 0.338. The van der Waals surface area contributed by atoms with Gasteiger partial charge < -0.3 is 15.2 Å². The predicted molar refractivity (Wildman–Crippen MR) is 95.2 cm³/mol. The standard InChI is InChI=1S/C20H26N2O2/c1-15-11-17(12-22-18-7-4-16(14-23)5-8-18)6-9-20(15)24-19-3-2-10-21-13-19/h2-3,6,9-11,13,16,18,22-23H,4-5,7-8,12,14H2,1H3. The first-order valence-corrected chi connectivity index (χ1v) is 8.76. The van der Waals surface area contributed by atoms with E-state index in [1.54, 1.807) is 12.4 Å². The van der Waals surface area contributed by atoms with Crippen LogP contribution in [-0.2, 0) is 6.54 Å². The first kappa shape index (κ1) is 16.9. The fourth-order valence-corrected chi connectivity index (χ4v) is 3.28. The highest BCUT2D eigenvalue weighted by atomic mass is 16.5. The molecule has 4 heteroatoms. The van der Waals surface area contributed by atoms with Gasteiger partial charge in [-0.05, 0) is 67.9 Å². The van der Waals surface area contributed by atoms with E-state index in [4.69, 9.17) is 4.74 Å². The van der Waals surface area contributed by atoms with E-state index in [-0.39, 0.29) is 0 Å². The van der Waals surface area contributed by atoms with E-state index in [0.29, 0.717) is 18.6 Å². The van der Waals surface area contributed by atoms with Crippen LogP contribution in [0.4, 0.5) is 0 Å². The van der Waals surface area contributed by atoms with Crippen molar-refractivity contribution in [2.24, 2.45) is 5.92 Å². The Morgan fingerprint density at radius 2 is 2.04 bits per heavy atom. The van der Waals surface area contributed by atoms with Crippen LogP contribution >= 0.6 is 0 Å². The number of ether oxygens (including phenoxy) is 1. The maximum absolute atomic E-state index is 9.21. The van der Waals surface area contributed by atoms with Crippen LogP contribution in [0.25, 0.3) is 0 Å². The quantitative estimate of drug-likeness (QED) is 0.847. The smallest absolute Gasteiger partial charge is 0.145 e. The molecule has 0 aliphatic heterocycles. The third-order valence-corrected chi connectivity index (χ3v) is 4.80. The fraction of sp³-hybridized carbons (Fsp3) is 0.450. The Balaban J connectivity index is 1.53. The molecule has 1 aliphatic carbocycles. The minimum Gasteiger partial charge on any atom is -0.455 e. The molecule has 1 aromatic carbocycles. The summed E-state index contributed by atoms with van der Waals surface area (Å²) in [5.41, 5.74) is 2.40. The summed E-state index contributed by atoms with van der Waals surface area (Å²) in [6.07, 6.45) is 8.04. The molecular formula is C20H26N2O2. The van der Waals surface area contributed by atoms with E-state index in [0.717, 1.165) is 49.3 Å². The molecule has 0 amide bonds. The summed E-state index contributed by atoms with van der Waals surface area (Å²) in [7, 11) is 0. The third kappa shape index (κ3) is 4.56. The van der Waals surface area contributed by atoms with E-state index in [1.165, 1.54) is 5.56 Å². The molecule has 1 saturated carbocycles. The molecule has 1 fully saturated rings. The highest BCUT2D eigenvalue weighted by Crippen LogP contribution is 2.26. The maximum Gasteiger partial charge on any atom is 0.145 e. The van der Waals surface area contributed by atoms with E-state index in [2.05, 4.69) is 29.4 Å². The Kier molecular flexibility index (Phi) is 5.83. The van der Waals surface area contributed by atoms with Gasteiger partial charge in [-0.15, -0.1) is 0 Å². The number of pyridine rings is 1. The molecule has 0 spiro atoms. The van der Waals surface area contributed by atoms with Gasteiger partial charge in [0.05, 0.1) is 6.20 Å². The summed E-state index contributed by atoms with van der Waals surface area (Å²) in [6.45, 7) is 3.29. The molecule has 2 N–H and O–H groups in total. The van der Waals surface area contributed by atoms with Crippen LogP contribution in [0.5, 0.6) is 11.5 Å². The average Bonchev–Trinajstić information content (AvgIpc) is 2.63. The molecule has 1 aliphatic rings. The number of aliphatic hydroxyl groups excluding tert-OH is 1. The van der Waals surface area contributed by atoms with Crippen LogP contribution < -0.4 is 10.1 Å². The molecule has 0 unspecified atom stereocenters. The molecular weight excluding hydrogens is 300 g/mol. The van der Waals surface area contributed by atoms with Crippen molar-refractivity contribution in [1.29, 1.82) is 0 Å². The molecule has 24 heavy (non-hydrogen) atoms. The zero-order valence-corrected chi connectivity index (χ0v) is 14.2. The summed E-state index contributed by atoms with van der Waals surface area (Å²) < 4.78 is 5.88. The Hall–Kier alpha value is -1.91. The largest absolute Gasteiger partial charge is 0.455 e. The Morgan fingerprint density at radius 1 is 1.21 bits per heavy atom. The average molecular weight is 326 g/mol. The highest BCUT2D eigenvalue weighted by molar-refractivity contribution is 5.39. The van der Waals surface area contributed by atoms with E-state index in [1.807, 2.05) is 18.2 Å². The summed E-state index contributed by atoms with van der Waals surface area (Å²) in [5.74, 6) is 2.14. The van der Waals surface area contributed by atoms with Gasteiger partial charge in [0.15, 0.2) is 0 Å². The van der Waals surface area contributed by atoms with Gasteiger partial charge in [0.1, 0.15) is 11.5 Å². The van der Waals surface area contributed by atoms with Gasteiger partial charge in [-0.1, -0.05) is 12.1 Å². The number of nitrogens with zero attached hydrogens (tertiary/aromatic N) is 1. The first-order valence-electron chi connectivity index (χ1n) is 8.76. The fourth-order valence-electron chi connectivity index (χ4n) is 3.28. The lowest BCUT2D eigenvalue weighted by molar-refractivity contribution is 0.175. The van der Waals surface area contributed by atoms with Crippen LogP contribution in [0.15, 0.2) is 42.7 Å². The van der Waals surface area contributed by atoms with E-state index in [9.17, 15) is 5.11 Å². The van der Waals surface area contributed by atoms with Crippen molar-refractivity contribution in [1.82, 2.24) is 10.3 Å². The van der Waals surface area contributed by atoms with Crippen molar-refractivity contribution in [2.45, 2.75) is 45.2 Å². The van der Waals surface area contributed by atoms with E-state index >= 15 is 0 Å². The monoisotopic (exact) mass is 326 g/mol. The maximum atomic E-state index is 9.21. The second-order valence-electron chi connectivity index (χ2n) is 6.67. The Morgan fingerprint density at radius 3 is 2.71 bits per heavy atom. The molecule has 0 saturated heterocycles. The normalized spacial score (nSPS) is 20.8. The van der Waals surface area contributed by atoms with E-state index < -0.39 is 0 Å². The van der Waals surface area contributed by atoms with Crippen LogP contribution in [0.3, 0.4) is 0 Å². The lowest BCUT2D eigenvalue weighted by atomic mass is 9.86. The molecule has 2 aromatic rings. The first-order chi connectivity index (χ1) is 11.7. The molecule has 0 radical (unpaired) electrons. The molecule has 4 nitrogen and oxygen atoms in total. The number of hydrogen-bond acceptors (Lipinski definition) is 4. The summed E-state index contributed by atoms with van der Waals surface area (Å²) in [6, 6.07) is 10.7. The summed E-state index contributed by atoms with van der Waals surface area (Å²) in [4.78, 5) is 4.07. The van der Waals surface area contributed by atoms with Crippen molar-refractivity contribution in [2.75, 3.05) is 6.61 Å². The summed E-state index contributed by atoms with van der Waals surface area (Å²) >= 11 is 0. The van der Waals surface area contributed by atoms with Gasteiger partial charge in [-0.2, -0.15) is 0 Å². The number of hydrogen-bond donors (Lipinski definition) is 2. The highest BCUT2D eigenvalue weighted by Gasteiger charge is 2.19. The molecule has 0 atom stereocenters. The number of aryl methyl sites for hydroxylation is 1. The van der Waals surface area contributed by atoms with Crippen molar-refractivity contribution in [3.63, 3.8) is 0 Å². The minimum absolute atomic E-state index is 0.338. The van der Waals surface area contributed by atoms with Crippen LogP contribution in [0.1, 0.15) is 36.8 Å². The third-order valence-electron chi connectivity index (χ3n) is 4.80. The lowest BCUT2D eigenvalue weighted by Gasteiger charge is -2.28. The number of rotatable bonds is 6. The van der Waals surface area contributed by atoms with Gasteiger partial charge in [-0.3, -0.25) is 4.98 Å². The number of aliphatic hydroxyl groups is 1. The number of aromatic nitrogens is 1. The Labute approximate surface area is 143 Å².